The number of aryl methyl sites for hydroxylation is 3. The largest absolute Gasteiger partial charge is 0.458 e. The van der Waals surface area contributed by atoms with Crippen molar-refractivity contribution in [2.45, 2.75) is 60.0 Å². The topological polar surface area (TPSA) is 85.8 Å². The van der Waals surface area contributed by atoms with Gasteiger partial charge < -0.3 is 9.73 Å². The number of thiazole rings is 1. The first-order valence-electron chi connectivity index (χ1n) is 10.4. The predicted molar refractivity (Wildman–Crippen MR) is 122 cm³/mol. The molecule has 0 saturated carbocycles. The van der Waals surface area contributed by atoms with E-state index in [4.69, 9.17) is 9.40 Å². The van der Waals surface area contributed by atoms with E-state index in [0.29, 0.717) is 25.1 Å². The molecule has 0 radical (unpaired) electrons. The van der Waals surface area contributed by atoms with Crippen LogP contribution in [0.2, 0.25) is 0 Å². The molecule has 7 nitrogen and oxygen atoms in total. The second kappa shape index (κ2) is 8.63. The van der Waals surface area contributed by atoms with E-state index in [1.54, 1.807) is 11.3 Å². The van der Waals surface area contributed by atoms with Gasteiger partial charge in [-0.3, -0.25) is 4.79 Å². The van der Waals surface area contributed by atoms with Crippen LogP contribution in [0.1, 0.15) is 53.9 Å². The Kier molecular flexibility index (Phi) is 5.91. The van der Waals surface area contributed by atoms with Gasteiger partial charge in [-0.25, -0.2) is 14.6 Å². The summed E-state index contributed by atoms with van der Waals surface area (Å²) in [5, 5.41) is 11.4. The van der Waals surface area contributed by atoms with Gasteiger partial charge in [0, 0.05) is 28.9 Å². The number of hydrogen-bond acceptors (Lipinski definition) is 6. The Hall–Kier alpha value is -3.00. The van der Waals surface area contributed by atoms with Crippen LogP contribution in [0, 0.1) is 20.8 Å². The van der Waals surface area contributed by atoms with Gasteiger partial charge in [0.25, 0.3) is 0 Å². The third-order valence-electron chi connectivity index (χ3n) is 5.42. The van der Waals surface area contributed by atoms with Crippen molar-refractivity contribution in [3.05, 3.63) is 51.3 Å². The van der Waals surface area contributed by atoms with E-state index >= 15 is 0 Å². The number of carbonyl (C=O) groups excluding carboxylic acids is 1. The lowest BCUT2D eigenvalue weighted by atomic mass is 10.0. The Morgan fingerprint density at radius 2 is 2.03 bits per heavy atom. The molecule has 4 heterocycles. The van der Waals surface area contributed by atoms with Crippen LogP contribution in [-0.4, -0.2) is 25.7 Å². The Morgan fingerprint density at radius 1 is 1.23 bits per heavy atom. The molecule has 4 aromatic heterocycles. The number of carbonyl (C=O) groups is 1. The fourth-order valence-electron chi connectivity index (χ4n) is 3.74. The molecule has 4 rings (SSSR count). The van der Waals surface area contributed by atoms with E-state index in [2.05, 4.69) is 36.2 Å². The molecule has 0 aliphatic heterocycles. The van der Waals surface area contributed by atoms with Gasteiger partial charge in [0.2, 0.25) is 5.91 Å². The Labute approximate surface area is 185 Å². The van der Waals surface area contributed by atoms with E-state index in [0.717, 1.165) is 44.3 Å². The maximum absolute atomic E-state index is 12.4. The van der Waals surface area contributed by atoms with Crippen LogP contribution in [0.3, 0.4) is 0 Å². The molecule has 0 atom stereocenters. The van der Waals surface area contributed by atoms with Gasteiger partial charge in [-0.1, -0.05) is 0 Å². The fourth-order valence-corrected chi connectivity index (χ4v) is 4.34. The second-order valence-electron chi connectivity index (χ2n) is 8.02. The molecule has 0 aromatic carbocycles. The Bertz CT molecular complexity index is 1230. The third-order valence-corrected chi connectivity index (χ3v) is 6.19. The molecule has 162 valence electrons. The van der Waals surface area contributed by atoms with E-state index in [9.17, 15) is 4.79 Å². The fraction of sp³-hybridized carbons (Fsp3) is 0.391. The van der Waals surface area contributed by atoms with Crippen LogP contribution < -0.4 is 5.32 Å². The molecule has 0 bridgehead atoms. The lowest BCUT2D eigenvalue weighted by Crippen LogP contribution is -2.23. The van der Waals surface area contributed by atoms with Gasteiger partial charge in [-0.15, -0.1) is 11.3 Å². The van der Waals surface area contributed by atoms with Crippen molar-refractivity contribution < 1.29 is 9.21 Å². The summed E-state index contributed by atoms with van der Waals surface area (Å²) in [6.45, 7) is 10.6. The number of pyridine rings is 1. The van der Waals surface area contributed by atoms with Crippen LogP contribution in [0.15, 0.2) is 28.1 Å². The van der Waals surface area contributed by atoms with Gasteiger partial charge in [-0.05, 0) is 64.3 Å². The Morgan fingerprint density at radius 3 is 2.74 bits per heavy atom. The summed E-state index contributed by atoms with van der Waals surface area (Å²) >= 11 is 1.59. The highest BCUT2D eigenvalue weighted by atomic mass is 32.1. The van der Waals surface area contributed by atoms with E-state index in [1.165, 1.54) is 0 Å². The van der Waals surface area contributed by atoms with Crippen molar-refractivity contribution in [3.63, 3.8) is 0 Å². The normalized spacial score (nSPS) is 11.5. The highest BCUT2D eigenvalue weighted by molar-refractivity contribution is 7.09. The summed E-state index contributed by atoms with van der Waals surface area (Å²) in [5.74, 6) is 1.42. The number of rotatable bonds is 7. The first-order valence-corrected chi connectivity index (χ1v) is 11.3. The minimum absolute atomic E-state index is 0.0146. The second-order valence-corrected chi connectivity index (χ2v) is 9.08. The summed E-state index contributed by atoms with van der Waals surface area (Å²) in [7, 11) is 0. The van der Waals surface area contributed by atoms with Crippen LogP contribution in [-0.2, 0) is 17.8 Å². The smallest absolute Gasteiger partial charge is 0.220 e. The maximum Gasteiger partial charge on any atom is 0.220 e. The highest BCUT2D eigenvalue weighted by Gasteiger charge is 2.16. The zero-order chi connectivity index (χ0) is 22.1. The molecule has 1 amide bonds. The van der Waals surface area contributed by atoms with Crippen LogP contribution >= 0.6 is 11.3 Å². The molecule has 0 spiro atoms. The van der Waals surface area contributed by atoms with Gasteiger partial charge in [-0.2, -0.15) is 5.10 Å². The van der Waals surface area contributed by atoms with Gasteiger partial charge >= 0.3 is 0 Å². The molecule has 0 aliphatic rings. The van der Waals surface area contributed by atoms with Crippen LogP contribution in [0.5, 0.6) is 0 Å². The summed E-state index contributed by atoms with van der Waals surface area (Å²) in [5.41, 5.74) is 4.95. The van der Waals surface area contributed by atoms with E-state index in [1.807, 2.05) is 42.2 Å². The number of nitrogens with one attached hydrogen (secondary N) is 1. The molecular formula is C23H27N5O2S. The number of aromatic nitrogens is 4. The molecule has 4 aromatic rings. The number of amides is 1. The highest BCUT2D eigenvalue weighted by Crippen LogP contribution is 2.26. The number of furan rings is 1. The van der Waals surface area contributed by atoms with Crippen LogP contribution in [0.4, 0.5) is 0 Å². The Balaban J connectivity index is 1.38. The molecular weight excluding hydrogens is 410 g/mol. The van der Waals surface area contributed by atoms with Crippen molar-refractivity contribution in [1.29, 1.82) is 0 Å². The average molecular weight is 438 g/mol. The summed E-state index contributed by atoms with van der Waals surface area (Å²) < 4.78 is 7.76. The minimum atomic E-state index is -0.0146. The predicted octanol–water partition coefficient (Wildman–Crippen LogP) is 4.90. The molecule has 0 aliphatic carbocycles. The molecule has 31 heavy (non-hydrogen) atoms. The summed E-state index contributed by atoms with van der Waals surface area (Å²) in [4.78, 5) is 21.6. The first kappa shape index (κ1) is 21.2. The third kappa shape index (κ3) is 4.39. The van der Waals surface area contributed by atoms with Gasteiger partial charge in [0.1, 0.15) is 11.5 Å². The van der Waals surface area contributed by atoms with Gasteiger partial charge in [0.15, 0.2) is 11.4 Å². The van der Waals surface area contributed by atoms with E-state index in [-0.39, 0.29) is 11.9 Å². The lowest BCUT2D eigenvalue weighted by molar-refractivity contribution is -0.121. The zero-order valence-corrected chi connectivity index (χ0v) is 19.3. The van der Waals surface area contributed by atoms with Crippen LogP contribution in [0.25, 0.3) is 22.5 Å². The standard InChI is InChI=1S/C23H27N5O2S/c1-13(2)28-23-19(11-25-28)14(3)18(15(4)26-23)7-9-22(29)24-10-17-6-8-21(30-17)20-12-31-16(5)27-20/h6,8,11-13H,7,9-10H2,1-5H3,(H,24,29). The number of hydrogen-bond donors (Lipinski definition) is 1. The first-order chi connectivity index (χ1) is 14.8. The quantitative estimate of drug-likeness (QED) is 0.444. The minimum Gasteiger partial charge on any atom is -0.458 e. The number of nitrogens with zero attached hydrogens (tertiary/aromatic N) is 4. The molecule has 1 N–H and O–H groups in total. The van der Waals surface area contributed by atoms with Crippen molar-refractivity contribution in [2.75, 3.05) is 0 Å². The number of fused-ring (bicyclic) bond motifs is 1. The molecule has 0 unspecified atom stereocenters. The SMILES string of the molecule is Cc1nc(-c2ccc(CNC(=O)CCc3c(C)nc4c(cnn4C(C)C)c3C)o2)cs1. The molecule has 0 fully saturated rings. The summed E-state index contributed by atoms with van der Waals surface area (Å²) in [6, 6.07) is 4.02. The van der Waals surface area contributed by atoms with Crippen molar-refractivity contribution in [2.24, 2.45) is 0 Å². The molecule has 0 saturated heterocycles. The molecule has 8 heteroatoms. The average Bonchev–Trinajstić information content (AvgIpc) is 3.45. The lowest BCUT2D eigenvalue weighted by Gasteiger charge is -2.12. The van der Waals surface area contributed by atoms with Crippen molar-refractivity contribution in [1.82, 2.24) is 25.1 Å². The maximum atomic E-state index is 12.4. The zero-order valence-electron chi connectivity index (χ0n) is 18.5. The summed E-state index contributed by atoms with van der Waals surface area (Å²) in [6.07, 6.45) is 2.91. The van der Waals surface area contributed by atoms with Crippen molar-refractivity contribution in [3.8, 4) is 11.5 Å². The van der Waals surface area contributed by atoms with Crippen molar-refractivity contribution >= 4 is 28.3 Å². The van der Waals surface area contributed by atoms with E-state index < -0.39 is 0 Å². The monoisotopic (exact) mass is 437 g/mol. The van der Waals surface area contributed by atoms with Gasteiger partial charge in [0.05, 0.1) is 17.7 Å².